The van der Waals surface area contributed by atoms with Gasteiger partial charge in [0.2, 0.25) is 5.28 Å². The van der Waals surface area contributed by atoms with Crippen LogP contribution in [0, 0.1) is 0 Å². The molecule has 1 aliphatic heterocycles. The smallest absolute Gasteiger partial charge is 0.273 e. The Morgan fingerprint density at radius 3 is 2.07 bits per heavy atom. The molecule has 142 valence electrons. The third kappa shape index (κ3) is 3.45. The minimum atomic E-state index is -0.124. The lowest BCUT2D eigenvalue weighted by Crippen LogP contribution is -2.31. The van der Waals surface area contributed by atoms with Crippen molar-refractivity contribution >= 4 is 23.3 Å². The molecule has 1 amide bonds. The maximum Gasteiger partial charge on any atom is 0.273 e. The number of anilines is 1. The Kier molecular flexibility index (Phi) is 5.01. The van der Waals surface area contributed by atoms with Gasteiger partial charge >= 0.3 is 0 Å². The molecule has 2 aromatic carbocycles. The van der Waals surface area contributed by atoms with E-state index in [0.717, 1.165) is 16.7 Å². The molecule has 0 saturated heterocycles. The zero-order valence-corrected chi connectivity index (χ0v) is 16.5. The zero-order chi connectivity index (χ0) is 19.7. The average Bonchev–Trinajstić information content (AvgIpc) is 3.04. The van der Waals surface area contributed by atoms with Crippen molar-refractivity contribution in [2.24, 2.45) is 0 Å². The number of rotatable bonds is 5. The van der Waals surface area contributed by atoms with E-state index in [9.17, 15) is 4.79 Å². The molecule has 28 heavy (non-hydrogen) atoms. The predicted molar refractivity (Wildman–Crippen MR) is 110 cm³/mol. The molecule has 3 aromatic rings. The van der Waals surface area contributed by atoms with Gasteiger partial charge in [-0.15, -0.1) is 0 Å². The Labute approximate surface area is 169 Å². The van der Waals surface area contributed by atoms with Crippen LogP contribution in [0.15, 0.2) is 60.7 Å². The molecular formula is C22H21ClN4O. The monoisotopic (exact) mass is 392 g/mol. The van der Waals surface area contributed by atoms with Gasteiger partial charge in [0, 0.05) is 11.6 Å². The number of hydrogen-bond acceptors (Lipinski definition) is 4. The van der Waals surface area contributed by atoms with Crippen LogP contribution in [0.5, 0.6) is 0 Å². The highest BCUT2D eigenvalue weighted by Crippen LogP contribution is 2.33. The van der Waals surface area contributed by atoms with Crippen molar-refractivity contribution in [3.8, 4) is 0 Å². The predicted octanol–water partition coefficient (Wildman–Crippen LogP) is 4.70. The first-order valence-electron chi connectivity index (χ1n) is 9.28. The summed E-state index contributed by atoms with van der Waals surface area (Å²) in [4.78, 5) is 23.1. The van der Waals surface area contributed by atoms with Crippen molar-refractivity contribution < 1.29 is 4.79 Å². The molecule has 0 unspecified atom stereocenters. The van der Waals surface area contributed by atoms with E-state index in [1.807, 2.05) is 50.2 Å². The Balaban J connectivity index is 1.77. The number of hydrogen-bond donors (Lipinski definition) is 1. The highest BCUT2D eigenvalue weighted by molar-refractivity contribution is 6.28. The van der Waals surface area contributed by atoms with Crippen LogP contribution < -0.4 is 5.32 Å². The third-order valence-corrected chi connectivity index (χ3v) is 5.11. The standard InChI is InChI=1S/C22H21ClN4O/c1-14(2)27-13-17-19(21(27)28)25-22(23)26-20(17)24-18(15-9-5-3-6-10-15)16-11-7-4-8-12-16/h3-12,14,18H,13H2,1-2H3,(H,24,25,26). The van der Waals surface area contributed by atoms with Gasteiger partial charge in [-0.3, -0.25) is 4.79 Å². The summed E-state index contributed by atoms with van der Waals surface area (Å²) >= 11 is 6.16. The van der Waals surface area contributed by atoms with E-state index in [1.54, 1.807) is 4.90 Å². The minimum Gasteiger partial charge on any atom is -0.359 e. The molecule has 0 bridgehead atoms. The molecular weight excluding hydrogens is 372 g/mol. The number of fused-ring (bicyclic) bond motifs is 1. The quantitative estimate of drug-likeness (QED) is 0.639. The van der Waals surface area contributed by atoms with E-state index >= 15 is 0 Å². The van der Waals surface area contributed by atoms with Crippen LogP contribution in [-0.4, -0.2) is 26.8 Å². The molecule has 0 atom stereocenters. The Hall–Kier alpha value is -2.92. The first-order valence-corrected chi connectivity index (χ1v) is 9.66. The van der Waals surface area contributed by atoms with E-state index in [-0.39, 0.29) is 23.3 Å². The molecule has 0 saturated carbocycles. The molecule has 1 aromatic heterocycles. The van der Waals surface area contributed by atoms with Gasteiger partial charge in [-0.2, -0.15) is 0 Å². The maximum absolute atomic E-state index is 12.7. The first-order chi connectivity index (χ1) is 13.5. The summed E-state index contributed by atoms with van der Waals surface area (Å²) in [6.45, 7) is 4.45. The largest absolute Gasteiger partial charge is 0.359 e. The molecule has 1 N–H and O–H groups in total. The van der Waals surface area contributed by atoms with Crippen LogP contribution in [0.2, 0.25) is 5.28 Å². The Morgan fingerprint density at radius 2 is 1.54 bits per heavy atom. The number of halogens is 1. The maximum atomic E-state index is 12.7. The molecule has 6 heteroatoms. The minimum absolute atomic E-state index is 0.0695. The summed E-state index contributed by atoms with van der Waals surface area (Å²) in [5, 5.41) is 3.59. The van der Waals surface area contributed by atoms with Gasteiger partial charge < -0.3 is 10.2 Å². The second-order valence-corrected chi connectivity index (χ2v) is 7.43. The third-order valence-electron chi connectivity index (χ3n) is 4.94. The molecule has 4 rings (SSSR count). The molecule has 5 nitrogen and oxygen atoms in total. The topological polar surface area (TPSA) is 58.1 Å². The molecule has 0 spiro atoms. The number of amides is 1. The van der Waals surface area contributed by atoms with Crippen LogP contribution in [-0.2, 0) is 6.54 Å². The molecule has 0 radical (unpaired) electrons. The van der Waals surface area contributed by atoms with Gasteiger partial charge in [0.25, 0.3) is 5.91 Å². The van der Waals surface area contributed by atoms with Gasteiger partial charge in [-0.25, -0.2) is 9.97 Å². The second kappa shape index (κ2) is 7.60. The van der Waals surface area contributed by atoms with Crippen molar-refractivity contribution in [2.45, 2.75) is 32.5 Å². The number of nitrogens with one attached hydrogen (secondary N) is 1. The normalized spacial score (nSPS) is 13.3. The van der Waals surface area contributed by atoms with Crippen LogP contribution in [0.3, 0.4) is 0 Å². The fourth-order valence-corrected chi connectivity index (χ4v) is 3.65. The summed E-state index contributed by atoms with van der Waals surface area (Å²) in [5.41, 5.74) is 3.38. The summed E-state index contributed by atoms with van der Waals surface area (Å²) in [6.07, 6.45) is 0. The van der Waals surface area contributed by atoms with E-state index < -0.39 is 0 Å². The summed E-state index contributed by atoms with van der Waals surface area (Å²) in [7, 11) is 0. The lowest BCUT2D eigenvalue weighted by Gasteiger charge is -2.22. The van der Waals surface area contributed by atoms with Gasteiger partial charge in [0.1, 0.15) is 11.5 Å². The molecule has 0 aliphatic carbocycles. The highest BCUT2D eigenvalue weighted by atomic mass is 35.5. The van der Waals surface area contributed by atoms with Crippen molar-refractivity contribution in [1.29, 1.82) is 0 Å². The number of aromatic nitrogens is 2. The fourth-order valence-electron chi connectivity index (χ4n) is 3.48. The van der Waals surface area contributed by atoms with E-state index in [1.165, 1.54) is 0 Å². The van der Waals surface area contributed by atoms with E-state index in [0.29, 0.717) is 18.1 Å². The number of carbonyl (C=O) groups is 1. The van der Waals surface area contributed by atoms with Crippen molar-refractivity contribution in [1.82, 2.24) is 14.9 Å². The van der Waals surface area contributed by atoms with Gasteiger partial charge in [-0.05, 0) is 36.6 Å². The van der Waals surface area contributed by atoms with Crippen LogP contribution >= 0.6 is 11.6 Å². The Bertz CT molecular complexity index is 953. The zero-order valence-electron chi connectivity index (χ0n) is 15.8. The number of benzene rings is 2. The van der Waals surface area contributed by atoms with Crippen molar-refractivity contribution in [2.75, 3.05) is 5.32 Å². The van der Waals surface area contributed by atoms with Gasteiger partial charge in [0.05, 0.1) is 12.6 Å². The highest BCUT2D eigenvalue weighted by Gasteiger charge is 2.34. The number of nitrogens with zero attached hydrogens (tertiary/aromatic N) is 3. The lowest BCUT2D eigenvalue weighted by atomic mass is 9.98. The summed E-state index contributed by atoms with van der Waals surface area (Å²) < 4.78 is 0. The lowest BCUT2D eigenvalue weighted by molar-refractivity contribution is 0.0726. The average molecular weight is 393 g/mol. The molecule has 1 aliphatic rings. The van der Waals surface area contributed by atoms with Crippen LogP contribution in [0.25, 0.3) is 0 Å². The number of carbonyl (C=O) groups excluding carboxylic acids is 1. The van der Waals surface area contributed by atoms with E-state index in [4.69, 9.17) is 11.6 Å². The van der Waals surface area contributed by atoms with Crippen LogP contribution in [0.1, 0.15) is 47.1 Å². The van der Waals surface area contributed by atoms with E-state index in [2.05, 4.69) is 39.6 Å². The second-order valence-electron chi connectivity index (χ2n) is 7.09. The summed E-state index contributed by atoms with van der Waals surface area (Å²) in [5.74, 6) is 0.498. The van der Waals surface area contributed by atoms with Crippen molar-refractivity contribution in [3.63, 3.8) is 0 Å². The molecule has 2 heterocycles. The first kappa shape index (κ1) is 18.4. The fraction of sp³-hybridized carbons (Fsp3) is 0.227. The Morgan fingerprint density at radius 1 is 0.964 bits per heavy atom. The SMILES string of the molecule is CC(C)N1Cc2c(NC(c3ccccc3)c3ccccc3)nc(Cl)nc2C1=O. The van der Waals surface area contributed by atoms with Gasteiger partial charge in [-0.1, -0.05) is 60.7 Å². The molecule has 0 fully saturated rings. The van der Waals surface area contributed by atoms with Crippen LogP contribution in [0.4, 0.5) is 5.82 Å². The van der Waals surface area contributed by atoms with Crippen molar-refractivity contribution in [3.05, 3.63) is 88.3 Å². The summed E-state index contributed by atoms with van der Waals surface area (Å²) in [6, 6.07) is 20.2. The van der Waals surface area contributed by atoms with Gasteiger partial charge in [0.15, 0.2) is 0 Å².